The van der Waals surface area contributed by atoms with E-state index in [1.165, 1.54) is 0 Å². The quantitative estimate of drug-likeness (QED) is 0.249. The van der Waals surface area contributed by atoms with E-state index >= 15 is 0 Å². The number of anilines is 1. The van der Waals surface area contributed by atoms with Crippen LogP contribution in [-0.4, -0.2) is 15.8 Å². The van der Waals surface area contributed by atoms with Gasteiger partial charge in [-0.1, -0.05) is 42.5 Å². The van der Waals surface area contributed by atoms with Crippen molar-refractivity contribution in [2.45, 2.75) is 6.61 Å². The predicted octanol–water partition coefficient (Wildman–Crippen LogP) is 6.12. The Balaban J connectivity index is 1.46. The van der Waals surface area contributed by atoms with Crippen molar-refractivity contribution in [2.75, 3.05) is 5.43 Å². The van der Waals surface area contributed by atoms with Crippen molar-refractivity contribution in [1.82, 2.24) is 9.55 Å². The van der Waals surface area contributed by atoms with Crippen molar-refractivity contribution in [2.24, 2.45) is 12.1 Å². The van der Waals surface area contributed by atoms with Crippen LogP contribution in [0, 0.1) is 0 Å². The zero-order chi connectivity index (χ0) is 20.2. The highest BCUT2D eigenvalue weighted by Gasteiger charge is 2.09. The van der Waals surface area contributed by atoms with Crippen molar-refractivity contribution in [3.63, 3.8) is 0 Å². The van der Waals surface area contributed by atoms with Gasteiger partial charge in [-0.25, -0.2) is 10.4 Å². The van der Waals surface area contributed by atoms with Gasteiger partial charge in [0.2, 0.25) is 5.95 Å². The minimum atomic E-state index is 0.500. The Morgan fingerprint density at radius 2 is 1.72 bits per heavy atom. The average Bonchev–Trinajstić information content (AvgIpc) is 3.04. The monoisotopic (exact) mass is 512 g/mol. The zero-order valence-electron chi connectivity index (χ0n) is 15.6. The summed E-state index contributed by atoms with van der Waals surface area (Å²) < 4.78 is 9.64. The highest BCUT2D eigenvalue weighted by atomic mass is 79.9. The summed E-state index contributed by atoms with van der Waals surface area (Å²) in [5.41, 5.74) is 7.02. The molecule has 1 N–H and O–H groups in total. The molecule has 4 rings (SSSR count). The number of para-hydroxylation sites is 2. The number of hydrazone groups is 1. The molecule has 0 saturated carbocycles. The zero-order valence-corrected chi connectivity index (χ0v) is 18.8. The summed E-state index contributed by atoms with van der Waals surface area (Å²) in [6.07, 6.45) is 1.75. The fraction of sp³-hybridized carbons (Fsp3) is 0.0909. The molecule has 0 atom stereocenters. The van der Waals surface area contributed by atoms with Crippen LogP contribution in [0.15, 0.2) is 80.8 Å². The Bertz CT molecular complexity index is 1150. The van der Waals surface area contributed by atoms with Crippen LogP contribution in [-0.2, 0) is 13.7 Å². The van der Waals surface area contributed by atoms with E-state index < -0.39 is 0 Å². The molecular formula is C22H18Br2N4O. The lowest BCUT2D eigenvalue weighted by molar-refractivity contribution is 0.302. The summed E-state index contributed by atoms with van der Waals surface area (Å²) in [7, 11) is 1.96. The molecule has 4 aromatic rings. The molecule has 0 bridgehead atoms. The van der Waals surface area contributed by atoms with Gasteiger partial charge in [0.15, 0.2) is 0 Å². The lowest BCUT2D eigenvalue weighted by Crippen LogP contribution is -2.00. The second-order valence-corrected chi connectivity index (χ2v) is 8.15. The van der Waals surface area contributed by atoms with Crippen LogP contribution in [0.3, 0.4) is 0 Å². The van der Waals surface area contributed by atoms with Gasteiger partial charge in [-0.3, -0.25) is 0 Å². The fourth-order valence-electron chi connectivity index (χ4n) is 2.93. The summed E-state index contributed by atoms with van der Waals surface area (Å²) in [5.74, 6) is 1.44. The molecule has 0 spiro atoms. The molecule has 0 fully saturated rings. The first-order chi connectivity index (χ1) is 14.1. The van der Waals surface area contributed by atoms with E-state index in [1.54, 1.807) is 6.21 Å². The van der Waals surface area contributed by atoms with Crippen LogP contribution in [0.25, 0.3) is 11.0 Å². The van der Waals surface area contributed by atoms with Crippen LogP contribution >= 0.6 is 31.9 Å². The molecular weight excluding hydrogens is 496 g/mol. The average molecular weight is 514 g/mol. The molecule has 0 radical (unpaired) electrons. The topological polar surface area (TPSA) is 51.4 Å². The number of nitrogens with zero attached hydrogens (tertiary/aromatic N) is 3. The Hall–Kier alpha value is -2.64. The third-order valence-corrected chi connectivity index (χ3v) is 5.59. The normalized spacial score (nSPS) is 11.3. The molecule has 0 aliphatic carbocycles. The van der Waals surface area contributed by atoms with Crippen LogP contribution in [0.4, 0.5) is 5.95 Å². The van der Waals surface area contributed by atoms with Crippen molar-refractivity contribution < 1.29 is 4.74 Å². The van der Waals surface area contributed by atoms with E-state index in [-0.39, 0.29) is 0 Å². The lowest BCUT2D eigenvalue weighted by atomic mass is 10.2. The van der Waals surface area contributed by atoms with Crippen LogP contribution in [0.1, 0.15) is 11.1 Å². The summed E-state index contributed by atoms with van der Waals surface area (Å²) >= 11 is 7.18. The molecule has 0 aliphatic rings. The Morgan fingerprint density at radius 3 is 2.45 bits per heavy atom. The van der Waals surface area contributed by atoms with Gasteiger partial charge in [0.05, 0.1) is 26.2 Å². The fourth-order valence-corrected chi connectivity index (χ4v) is 4.38. The maximum atomic E-state index is 5.96. The number of imidazole rings is 1. The summed E-state index contributed by atoms with van der Waals surface area (Å²) in [6, 6.07) is 22.0. The largest absolute Gasteiger partial charge is 0.487 e. The molecule has 0 unspecified atom stereocenters. The number of hydrogen-bond donors (Lipinski definition) is 1. The van der Waals surface area contributed by atoms with Gasteiger partial charge in [-0.2, -0.15) is 5.10 Å². The van der Waals surface area contributed by atoms with Gasteiger partial charge < -0.3 is 9.30 Å². The SMILES string of the molecule is Cn1c(N/N=C\c2cc(Br)c(OCc3ccccc3)c(Br)c2)nc2ccccc21. The van der Waals surface area contributed by atoms with Crippen molar-refractivity contribution in [1.29, 1.82) is 0 Å². The van der Waals surface area contributed by atoms with Gasteiger partial charge in [0.25, 0.3) is 0 Å². The molecule has 0 saturated heterocycles. The van der Waals surface area contributed by atoms with E-state index in [0.717, 1.165) is 36.9 Å². The third-order valence-electron chi connectivity index (χ3n) is 4.41. The van der Waals surface area contributed by atoms with Crippen LogP contribution in [0.2, 0.25) is 0 Å². The second kappa shape index (κ2) is 8.80. The predicted molar refractivity (Wildman–Crippen MR) is 125 cm³/mol. The van der Waals surface area contributed by atoms with E-state index in [2.05, 4.69) is 47.4 Å². The number of benzene rings is 3. The Kier molecular flexibility index (Phi) is 5.97. The van der Waals surface area contributed by atoms with Crippen molar-refractivity contribution in [3.8, 4) is 5.75 Å². The van der Waals surface area contributed by atoms with Gasteiger partial charge in [0.1, 0.15) is 12.4 Å². The van der Waals surface area contributed by atoms with E-state index in [1.807, 2.05) is 78.3 Å². The molecule has 0 amide bonds. The molecule has 0 aliphatic heterocycles. The minimum absolute atomic E-state index is 0.500. The molecule has 7 heteroatoms. The number of fused-ring (bicyclic) bond motifs is 1. The number of aromatic nitrogens is 2. The van der Waals surface area contributed by atoms with Gasteiger partial charge >= 0.3 is 0 Å². The van der Waals surface area contributed by atoms with Crippen molar-refractivity contribution in [3.05, 3.63) is 86.8 Å². The molecule has 5 nitrogen and oxygen atoms in total. The Morgan fingerprint density at radius 1 is 1.03 bits per heavy atom. The standard InChI is InChI=1S/C22H18Br2N4O/c1-28-20-10-6-5-9-19(20)26-22(28)27-25-13-16-11-17(23)21(18(24)12-16)29-14-15-7-3-2-4-8-15/h2-13H,14H2,1H3,(H,26,27)/b25-13-. The van der Waals surface area contributed by atoms with E-state index in [0.29, 0.717) is 12.6 Å². The minimum Gasteiger partial charge on any atom is -0.487 e. The number of hydrogen-bond acceptors (Lipinski definition) is 4. The molecule has 1 heterocycles. The number of nitrogens with one attached hydrogen (secondary N) is 1. The third kappa shape index (κ3) is 4.52. The second-order valence-electron chi connectivity index (χ2n) is 6.44. The van der Waals surface area contributed by atoms with Gasteiger partial charge in [-0.05, 0) is 67.3 Å². The lowest BCUT2D eigenvalue weighted by Gasteiger charge is -2.11. The summed E-state index contributed by atoms with van der Waals surface area (Å²) in [4.78, 5) is 4.55. The molecule has 146 valence electrons. The number of aryl methyl sites for hydroxylation is 1. The van der Waals surface area contributed by atoms with Gasteiger partial charge in [-0.15, -0.1) is 0 Å². The molecule has 3 aromatic carbocycles. The maximum absolute atomic E-state index is 5.96. The summed E-state index contributed by atoms with van der Waals surface area (Å²) in [5, 5.41) is 4.33. The van der Waals surface area contributed by atoms with E-state index in [9.17, 15) is 0 Å². The molecule has 29 heavy (non-hydrogen) atoms. The van der Waals surface area contributed by atoms with E-state index in [4.69, 9.17) is 4.74 Å². The summed E-state index contributed by atoms with van der Waals surface area (Å²) in [6.45, 7) is 0.500. The highest BCUT2D eigenvalue weighted by molar-refractivity contribution is 9.11. The van der Waals surface area contributed by atoms with Crippen LogP contribution in [0.5, 0.6) is 5.75 Å². The number of ether oxygens (including phenoxy) is 1. The number of rotatable bonds is 6. The van der Waals surface area contributed by atoms with Crippen LogP contribution < -0.4 is 10.2 Å². The van der Waals surface area contributed by atoms with Gasteiger partial charge in [0, 0.05) is 7.05 Å². The first-order valence-electron chi connectivity index (χ1n) is 8.98. The first-order valence-corrected chi connectivity index (χ1v) is 10.6. The Labute approximate surface area is 185 Å². The highest BCUT2D eigenvalue weighted by Crippen LogP contribution is 2.35. The number of halogens is 2. The first kappa shape index (κ1) is 19.7. The molecule has 1 aromatic heterocycles. The smallest absolute Gasteiger partial charge is 0.224 e. The van der Waals surface area contributed by atoms with Crippen molar-refractivity contribution >= 4 is 55.1 Å². The maximum Gasteiger partial charge on any atom is 0.224 e.